The number of benzene rings is 1. The van der Waals surface area contributed by atoms with Gasteiger partial charge in [0.25, 0.3) is 6.43 Å². The number of ether oxygens (including phenoxy) is 1. The van der Waals surface area contributed by atoms with E-state index in [9.17, 15) is 13.6 Å². The standard InChI is InChI=1S/C18H17ClF2N2O2/c1-11-6-12(2-3-16(11)25-10-17(20)21)7-23-8-14-13(15(23)9-24)4-5-22-18(14)19/h2-6,9,15,17H,7-8,10H2,1H3. The monoisotopic (exact) mass is 366 g/mol. The number of hydrogen-bond donors (Lipinski definition) is 0. The highest BCUT2D eigenvalue weighted by Crippen LogP contribution is 2.36. The maximum Gasteiger partial charge on any atom is 0.272 e. The fraction of sp³-hybridized carbons (Fsp3) is 0.333. The molecule has 0 N–H and O–H groups in total. The van der Waals surface area contributed by atoms with Crippen LogP contribution in [0.1, 0.15) is 28.3 Å². The van der Waals surface area contributed by atoms with E-state index in [-0.39, 0.29) is 6.04 Å². The van der Waals surface area contributed by atoms with Gasteiger partial charge in [-0.25, -0.2) is 13.8 Å². The van der Waals surface area contributed by atoms with Crippen LogP contribution in [0.2, 0.25) is 5.15 Å². The van der Waals surface area contributed by atoms with Crippen molar-refractivity contribution in [2.45, 2.75) is 32.5 Å². The molecule has 3 rings (SSSR count). The Morgan fingerprint density at radius 3 is 2.92 bits per heavy atom. The Hall–Kier alpha value is -2.05. The van der Waals surface area contributed by atoms with Crippen LogP contribution in [0.15, 0.2) is 30.5 Å². The van der Waals surface area contributed by atoms with Crippen molar-refractivity contribution in [2.24, 2.45) is 0 Å². The van der Waals surface area contributed by atoms with Gasteiger partial charge in [0.15, 0.2) is 0 Å². The second-order valence-corrected chi connectivity index (χ2v) is 6.32. The minimum absolute atomic E-state index is 0.370. The number of nitrogens with zero attached hydrogens (tertiary/aromatic N) is 2. The van der Waals surface area contributed by atoms with Gasteiger partial charge in [0.05, 0.1) is 6.04 Å². The summed E-state index contributed by atoms with van der Waals surface area (Å²) in [7, 11) is 0. The number of alkyl halides is 2. The van der Waals surface area contributed by atoms with E-state index in [1.807, 2.05) is 23.1 Å². The van der Waals surface area contributed by atoms with Gasteiger partial charge in [-0.05, 0) is 35.7 Å². The predicted molar refractivity (Wildman–Crippen MR) is 90.0 cm³/mol. The van der Waals surface area contributed by atoms with Crippen LogP contribution >= 0.6 is 11.6 Å². The van der Waals surface area contributed by atoms with E-state index >= 15 is 0 Å². The number of fused-ring (bicyclic) bond motifs is 1. The van der Waals surface area contributed by atoms with Crippen LogP contribution < -0.4 is 4.74 Å². The zero-order valence-electron chi connectivity index (χ0n) is 13.6. The molecule has 0 amide bonds. The van der Waals surface area contributed by atoms with Gasteiger partial charge in [-0.1, -0.05) is 23.7 Å². The van der Waals surface area contributed by atoms with Crippen molar-refractivity contribution >= 4 is 17.9 Å². The fourth-order valence-electron chi connectivity index (χ4n) is 3.09. The topological polar surface area (TPSA) is 42.4 Å². The number of carbonyl (C=O) groups excluding carboxylic acids is 1. The van der Waals surface area contributed by atoms with Crippen molar-refractivity contribution in [2.75, 3.05) is 6.61 Å². The summed E-state index contributed by atoms with van der Waals surface area (Å²) in [6.07, 6.45) is -0.0100. The number of rotatable bonds is 6. The molecule has 0 radical (unpaired) electrons. The lowest BCUT2D eigenvalue weighted by atomic mass is 10.1. The van der Waals surface area contributed by atoms with Crippen molar-refractivity contribution in [1.82, 2.24) is 9.88 Å². The zero-order valence-corrected chi connectivity index (χ0v) is 14.3. The quantitative estimate of drug-likeness (QED) is 0.573. The van der Waals surface area contributed by atoms with Gasteiger partial charge in [-0.3, -0.25) is 4.90 Å². The molecule has 1 atom stereocenters. The summed E-state index contributed by atoms with van der Waals surface area (Å²) < 4.78 is 29.6. The number of aryl methyl sites for hydroxylation is 1. The fourth-order valence-corrected chi connectivity index (χ4v) is 3.31. The van der Waals surface area contributed by atoms with Crippen molar-refractivity contribution in [3.63, 3.8) is 0 Å². The highest BCUT2D eigenvalue weighted by atomic mass is 35.5. The number of halogens is 3. The normalized spacial score (nSPS) is 16.9. The van der Waals surface area contributed by atoms with Crippen LogP contribution in [0.3, 0.4) is 0 Å². The van der Waals surface area contributed by atoms with Crippen LogP contribution in [0, 0.1) is 6.92 Å². The third-order valence-electron chi connectivity index (χ3n) is 4.23. The summed E-state index contributed by atoms with van der Waals surface area (Å²) in [6.45, 7) is 2.25. The van der Waals surface area contributed by atoms with E-state index < -0.39 is 13.0 Å². The lowest BCUT2D eigenvalue weighted by Gasteiger charge is -2.21. The van der Waals surface area contributed by atoms with E-state index in [1.165, 1.54) is 0 Å². The Kier molecular flexibility index (Phi) is 5.30. The summed E-state index contributed by atoms with van der Waals surface area (Å²) in [5.74, 6) is 0.438. The van der Waals surface area contributed by atoms with E-state index in [2.05, 4.69) is 4.98 Å². The molecule has 2 heterocycles. The molecule has 1 aliphatic heterocycles. The SMILES string of the molecule is Cc1cc(CN2Cc3c(ccnc3Cl)C2C=O)ccc1OCC(F)F. The van der Waals surface area contributed by atoms with E-state index in [1.54, 1.807) is 19.2 Å². The first-order valence-corrected chi connectivity index (χ1v) is 8.20. The highest BCUT2D eigenvalue weighted by molar-refractivity contribution is 6.30. The zero-order chi connectivity index (χ0) is 18.0. The molecule has 4 nitrogen and oxygen atoms in total. The second kappa shape index (κ2) is 7.45. The molecule has 1 aromatic heterocycles. The van der Waals surface area contributed by atoms with Crippen LogP contribution in [0.25, 0.3) is 0 Å². The van der Waals surface area contributed by atoms with Crippen molar-refractivity contribution in [3.8, 4) is 5.75 Å². The first-order chi connectivity index (χ1) is 12.0. The third kappa shape index (κ3) is 3.80. The predicted octanol–water partition coefficient (Wildman–Crippen LogP) is 3.94. The van der Waals surface area contributed by atoms with E-state index in [0.717, 1.165) is 28.5 Å². The van der Waals surface area contributed by atoms with Crippen LogP contribution in [0.5, 0.6) is 5.75 Å². The molecule has 1 unspecified atom stereocenters. The van der Waals surface area contributed by atoms with Gasteiger partial charge in [0.2, 0.25) is 0 Å². The average molecular weight is 367 g/mol. The van der Waals surface area contributed by atoms with Crippen molar-refractivity contribution in [3.05, 3.63) is 57.9 Å². The molecular weight excluding hydrogens is 350 g/mol. The molecule has 7 heteroatoms. The molecule has 0 aliphatic carbocycles. The number of aromatic nitrogens is 1. The summed E-state index contributed by atoms with van der Waals surface area (Å²) in [6, 6.07) is 6.82. The van der Waals surface area contributed by atoms with Gasteiger partial charge in [0, 0.05) is 24.8 Å². The maximum atomic E-state index is 12.3. The molecule has 25 heavy (non-hydrogen) atoms. The number of pyridine rings is 1. The molecule has 0 fully saturated rings. The molecular formula is C18H17ClF2N2O2. The van der Waals surface area contributed by atoms with Gasteiger partial charge in [0.1, 0.15) is 23.8 Å². The summed E-state index contributed by atoms with van der Waals surface area (Å²) in [5.41, 5.74) is 3.49. The Bertz CT molecular complexity index is 786. The number of hydrogen-bond acceptors (Lipinski definition) is 4. The molecule has 1 aromatic carbocycles. The lowest BCUT2D eigenvalue weighted by Crippen LogP contribution is -2.22. The summed E-state index contributed by atoms with van der Waals surface area (Å²) in [4.78, 5) is 17.6. The van der Waals surface area contributed by atoms with Gasteiger partial charge in [-0.15, -0.1) is 0 Å². The minimum atomic E-state index is -2.51. The van der Waals surface area contributed by atoms with Crippen LogP contribution in [-0.2, 0) is 17.9 Å². The Balaban J connectivity index is 1.76. The highest BCUT2D eigenvalue weighted by Gasteiger charge is 2.31. The van der Waals surface area contributed by atoms with Crippen LogP contribution in [0.4, 0.5) is 8.78 Å². The first kappa shape index (κ1) is 17.8. The van der Waals surface area contributed by atoms with Gasteiger partial charge >= 0.3 is 0 Å². The van der Waals surface area contributed by atoms with Crippen molar-refractivity contribution in [1.29, 1.82) is 0 Å². The second-order valence-electron chi connectivity index (χ2n) is 5.96. The molecule has 0 saturated heterocycles. The summed E-state index contributed by atoms with van der Waals surface area (Å²) >= 11 is 6.14. The minimum Gasteiger partial charge on any atom is -0.487 e. The average Bonchev–Trinajstić information content (AvgIpc) is 2.92. The largest absolute Gasteiger partial charge is 0.487 e. The molecule has 0 spiro atoms. The Morgan fingerprint density at radius 2 is 2.24 bits per heavy atom. The van der Waals surface area contributed by atoms with Gasteiger partial charge in [-0.2, -0.15) is 0 Å². The Labute approximate surface area is 149 Å². The molecule has 2 aromatic rings. The molecule has 0 bridgehead atoms. The van der Waals surface area contributed by atoms with Crippen LogP contribution in [-0.4, -0.2) is 29.2 Å². The molecule has 132 valence electrons. The number of carbonyl (C=O) groups is 1. The maximum absolute atomic E-state index is 12.3. The first-order valence-electron chi connectivity index (χ1n) is 7.82. The van der Waals surface area contributed by atoms with Crippen molar-refractivity contribution < 1.29 is 18.3 Å². The molecule has 0 saturated carbocycles. The van der Waals surface area contributed by atoms with E-state index in [4.69, 9.17) is 16.3 Å². The summed E-state index contributed by atoms with van der Waals surface area (Å²) in [5, 5.41) is 0.416. The third-order valence-corrected chi connectivity index (χ3v) is 4.56. The van der Waals surface area contributed by atoms with Gasteiger partial charge < -0.3 is 9.53 Å². The van der Waals surface area contributed by atoms with E-state index in [0.29, 0.717) is 24.0 Å². The number of aldehydes is 1. The lowest BCUT2D eigenvalue weighted by molar-refractivity contribution is -0.112. The molecule has 1 aliphatic rings. The smallest absolute Gasteiger partial charge is 0.272 e. The Morgan fingerprint density at radius 1 is 1.44 bits per heavy atom.